The van der Waals surface area contributed by atoms with E-state index in [1.807, 2.05) is 45.2 Å². The second kappa shape index (κ2) is 6.22. The normalized spacial score (nSPS) is 12.2. The predicted molar refractivity (Wildman–Crippen MR) is 83.6 cm³/mol. The number of halogens is 1. The number of carbonyl (C=O) groups is 1. The van der Waals surface area contributed by atoms with E-state index in [0.29, 0.717) is 6.54 Å². The molecule has 1 unspecified atom stereocenters. The number of amides is 1. The number of aryl methyl sites for hydroxylation is 2. The van der Waals surface area contributed by atoms with Gasteiger partial charge in [-0.2, -0.15) is 5.10 Å². The van der Waals surface area contributed by atoms with Gasteiger partial charge in [-0.15, -0.1) is 0 Å². The number of hydrogen-bond donors (Lipinski definition) is 1. The number of carbonyl (C=O) groups excluding carboxylic acids is 1. The first-order valence-corrected chi connectivity index (χ1v) is 7.31. The number of hydrogen-bond acceptors (Lipinski definition) is 2. The molecular formula is C15H18BrN3O. The lowest BCUT2D eigenvalue weighted by molar-refractivity contribution is -0.119. The molecule has 1 aromatic heterocycles. The van der Waals surface area contributed by atoms with E-state index < -0.39 is 0 Å². The van der Waals surface area contributed by atoms with Crippen LogP contribution in [0.4, 0.5) is 5.69 Å². The topological polar surface area (TPSA) is 46.9 Å². The van der Waals surface area contributed by atoms with Crippen LogP contribution in [0, 0.1) is 19.8 Å². The monoisotopic (exact) mass is 335 g/mol. The van der Waals surface area contributed by atoms with Crippen LogP contribution in [0.25, 0.3) is 0 Å². The van der Waals surface area contributed by atoms with E-state index in [4.69, 9.17) is 0 Å². The molecule has 2 aromatic rings. The Morgan fingerprint density at radius 2 is 2.20 bits per heavy atom. The summed E-state index contributed by atoms with van der Waals surface area (Å²) in [6.45, 7) is 6.46. The van der Waals surface area contributed by atoms with Crippen LogP contribution in [-0.4, -0.2) is 15.7 Å². The molecule has 1 amide bonds. The zero-order valence-corrected chi connectivity index (χ0v) is 13.4. The first-order chi connectivity index (χ1) is 9.45. The SMILES string of the molecule is Cc1ccc(C)c(NC(=O)C(C)Cn2cc(Br)cn2)c1. The van der Waals surface area contributed by atoms with E-state index in [0.717, 1.165) is 21.3 Å². The Morgan fingerprint density at radius 3 is 2.85 bits per heavy atom. The Kier molecular flexibility index (Phi) is 4.60. The lowest BCUT2D eigenvalue weighted by Gasteiger charge is -2.14. The molecule has 0 saturated heterocycles. The van der Waals surface area contributed by atoms with Crippen molar-refractivity contribution in [2.75, 3.05) is 5.32 Å². The Balaban J connectivity index is 2.02. The van der Waals surface area contributed by atoms with E-state index in [1.54, 1.807) is 10.9 Å². The Labute approximate surface area is 127 Å². The molecule has 1 aromatic carbocycles. The van der Waals surface area contributed by atoms with Gasteiger partial charge in [0.15, 0.2) is 0 Å². The van der Waals surface area contributed by atoms with Gasteiger partial charge in [0.2, 0.25) is 5.91 Å². The first kappa shape index (κ1) is 14.8. The summed E-state index contributed by atoms with van der Waals surface area (Å²) in [7, 11) is 0. The van der Waals surface area contributed by atoms with Crippen molar-refractivity contribution >= 4 is 27.5 Å². The number of nitrogens with zero attached hydrogens (tertiary/aromatic N) is 2. The first-order valence-electron chi connectivity index (χ1n) is 6.52. The summed E-state index contributed by atoms with van der Waals surface area (Å²) < 4.78 is 2.68. The minimum absolute atomic E-state index is 0.00493. The summed E-state index contributed by atoms with van der Waals surface area (Å²) in [6, 6.07) is 6.04. The van der Waals surface area contributed by atoms with Crippen LogP contribution in [0.1, 0.15) is 18.1 Å². The van der Waals surface area contributed by atoms with Gasteiger partial charge in [-0.05, 0) is 47.0 Å². The van der Waals surface area contributed by atoms with Crippen molar-refractivity contribution in [1.29, 1.82) is 0 Å². The van der Waals surface area contributed by atoms with E-state index in [-0.39, 0.29) is 11.8 Å². The quantitative estimate of drug-likeness (QED) is 0.928. The van der Waals surface area contributed by atoms with Gasteiger partial charge in [0.05, 0.1) is 23.1 Å². The maximum absolute atomic E-state index is 12.2. The fourth-order valence-corrected chi connectivity index (χ4v) is 2.26. The third-order valence-electron chi connectivity index (χ3n) is 3.16. The molecule has 0 spiro atoms. The second-order valence-electron chi connectivity index (χ2n) is 5.09. The average Bonchev–Trinajstić information content (AvgIpc) is 2.79. The lowest BCUT2D eigenvalue weighted by atomic mass is 10.1. The molecule has 4 nitrogen and oxygen atoms in total. The van der Waals surface area contributed by atoms with Crippen LogP contribution < -0.4 is 5.32 Å². The van der Waals surface area contributed by atoms with Crippen molar-refractivity contribution in [3.05, 3.63) is 46.2 Å². The molecule has 0 fully saturated rings. The van der Waals surface area contributed by atoms with E-state index >= 15 is 0 Å². The minimum Gasteiger partial charge on any atom is -0.326 e. The number of aromatic nitrogens is 2. The number of rotatable bonds is 4. The molecule has 20 heavy (non-hydrogen) atoms. The summed E-state index contributed by atoms with van der Waals surface area (Å²) >= 11 is 3.35. The van der Waals surface area contributed by atoms with Crippen molar-refractivity contribution in [2.24, 2.45) is 5.92 Å². The molecular weight excluding hydrogens is 318 g/mol. The van der Waals surface area contributed by atoms with Crippen molar-refractivity contribution < 1.29 is 4.79 Å². The van der Waals surface area contributed by atoms with E-state index in [2.05, 4.69) is 26.3 Å². The highest BCUT2D eigenvalue weighted by Crippen LogP contribution is 2.17. The molecule has 0 bridgehead atoms. The van der Waals surface area contributed by atoms with Crippen LogP contribution in [0.5, 0.6) is 0 Å². The van der Waals surface area contributed by atoms with Crippen LogP contribution in [0.15, 0.2) is 35.1 Å². The van der Waals surface area contributed by atoms with Crippen molar-refractivity contribution in [1.82, 2.24) is 9.78 Å². The summed E-state index contributed by atoms with van der Waals surface area (Å²) in [6.07, 6.45) is 3.58. The minimum atomic E-state index is -0.151. The van der Waals surface area contributed by atoms with Crippen molar-refractivity contribution in [3.63, 3.8) is 0 Å². The van der Waals surface area contributed by atoms with Gasteiger partial charge >= 0.3 is 0 Å². The third-order valence-corrected chi connectivity index (χ3v) is 3.57. The lowest BCUT2D eigenvalue weighted by Crippen LogP contribution is -2.25. The maximum atomic E-state index is 12.2. The smallest absolute Gasteiger partial charge is 0.229 e. The molecule has 0 radical (unpaired) electrons. The van der Waals surface area contributed by atoms with Crippen LogP contribution in [0.3, 0.4) is 0 Å². The fourth-order valence-electron chi connectivity index (χ4n) is 1.93. The highest BCUT2D eigenvalue weighted by molar-refractivity contribution is 9.10. The summed E-state index contributed by atoms with van der Waals surface area (Å²) in [5.41, 5.74) is 3.08. The number of anilines is 1. The molecule has 0 saturated carbocycles. The van der Waals surface area contributed by atoms with E-state index in [9.17, 15) is 4.79 Å². The molecule has 0 aliphatic heterocycles. The maximum Gasteiger partial charge on any atom is 0.229 e. The summed E-state index contributed by atoms with van der Waals surface area (Å²) in [5, 5.41) is 7.15. The number of nitrogens with one attached hydrogen (secondary N) is 1. The van der Waals surface area contributed by atoms with Gasteiger partial charge in [0, 0.05) is 11.9 Å². The van der Waals surface area contributed by atoms with Gasteiger partial charge in [-0.1, -0.05) is 19.1 Å². The highest BCUT2D eigenvalue weighted by atomic mass is 79.9. The van der Waals surface area contributed by atoms with Gasteiger partial charge < -0.3 is 5.32 Å². The standard InChI is InChI=1S/C15H18BrN3O/c1-10-4-5-11(2)14(6-10)18-15(20)12(3)8-19-9-13(16)7-17-19/h4-7,9,12H,8H2,1-3H3,(H,18,20). The molecule has 0 aliphatic carbocycles. The number of benzene rings is 1. The van der Waals surface area contributed by atoms with Crippen LogP contribution in [-0.2, 0) is 11.3 Å². The van der Waals surface area contributed by atoms with Crippen molar-refractivity contribution in [2.45, 2.75) is 27.3 Å². The molecule has 106 valence electrons. The molecule has 5 heteroatoms. The largest absolute Gasteiger partial charge is 0.326 e. The van der Waals surface area contributed by atoms with Crippen LogP contribution in [0.2, 0.25) is 0 Å². The molecule has 1 atom stereocenters. The Hall–Kier alpha value is -1.62. The van der Waals surface area contributed by atoms with Crippen LogP contribution >= 0.6 is 15.9 Å². The average molecular weight is 336 g/mol. The van der Waals surface area contributed by atoms with Gasteiger partial charge in [0.25, 0.3) is 0 Å². The Morgan fingerprint density at radius 1 is 1.45 bits per heavy atom. The zero-order chi connectivity index (χ0) is 14.7. The van der Waals surface area contributed by atoms with Gasteiger partial charge in [0.1, 0.15) is 0 Å². The molecule has 1 heterocycles. The molecule has 0 aliphatic rings. The predicted octanol–water partition coefficient (Wildman–Crippen LogP) is 3.54. The third kappa shape index (κ3) is 3.70. The fraction of sp³-hybridized carbons (Fsp3) is 0.333. The zero-order valence-electron chi connectivity index (χ0n) is 11.9. The van der Waals surface area contributed by atoms with Crippen molar-refractivity contribution in [3.8, 4) is 0 Å². The second-order valence-corrected chi connectivity index (χ2v) is 6.00. The van der Waals surface area contributed by atoms with Gasteiger partial charge in [-0.25, -0.2) is 0 Å². The van der Waals surface area contributed by atoms with Gasteiger partial charge in [-0.3, -0.25) is 9.48 Å². The summed E-state index contributed by atoms with van der Waals surface area (Å²) in [5.74, 6) is -0.146. The van der Waals surface area contributed by atoms with E-state index in [1.165, 1.54) is 0 Å². The highest BCUT2D eigenvalue weighted by Gasteiger charge is 2.15. The molecule has 2 rings (SSSR count). The molecule has 1 N–H and O–H groups in total. The Bertz CT molecular complexity index is 621. The summed E-state index contributed by atoms with van der Waals surface area (Å²) in [4.78, 5) is 12.2.